The minimum Gasteiger partial charge on any atom is -0.480 e. The van der Waals surface area contributed by atoms with E-state index in [0.29, 0.717) is 4.31 Å². The standard InChI is InChI=1S/C12H14F3NO4S/c1-8(11(17)18)16(2)21(19,20)10-5-3-9(4-6-10)7-12(13,14)15/h3-6,8H,7H2,1-2H3,(H,17,18). The molecular formula is C12H14F3NO4S. The predicted octanol–water partition coefficient (Wildman–Crippen LogP) is 1.89. The molecule has 0 spiro atoms. The van der Waals surface area contributed by atoms with E-state index in [1.54, 1.807) is 0 Å². The van der Waals surface area contributed by atoms with Gasteiger partial charge in [0.1, 0.15) is 6.04 Å². The summed E-state index contributed by atoms with van der Waals surface area (Å²) in [6.07, 6.45) is -5.54. The molecule has 0 saturated carbocycles. The largest absolute Gasteiger partial charge is 0.480 e. The van der Waals surface area contributed by atoms with Gasteiger partial charge in [0.25, 0.3) is 0 Å². The van der Waals surface area contributed by atoms with Gasteiger partial charge >= 0.3 is 12.1 Å². The molecule has 1 aromatic rings. The molecule has 0 aliphatic rings. The van der Waals surface area contributed by atoms with Crippen LogP contribution >= 0.6 is 0 Å². The first-order valence-corrected chi connectivity index (χ1v) is 7.25. The first kappa shape index (κ1) is 17.4. The predicted molar refractivity (Wildman–Crippen MR) is 68.2 cm³/mol. The Kier molecular flexibility index (Phi) is 5.00. The van der Waals surface area contributed by atoms with Crippen molar-refractivity contribution >= 4 is 16.0 Å². The third kappa shape index (κ3) is 4.43. The number of hydrogen-bond donors (Lipinski definition) is 1. The molecule has 1 atom stereocenters. The molecule has 1 N–H and O–H groups in total. The lowest BCUT2D eigenvalue weighted by Crippen LogP contribution is -2.40. The number of alkyl halides is 3. The normalized spacial score (nSPS) is 14.2. The van der Waals surface area contributed by atoms with E-state index in [4.69, 9.17) is 5.11 Å². The SMILES string of the molecule is CC(C(=O)O)N(C)S(=O)(=O)c1ccc(CC(F)(F)F)cc1. The second-order valence-corrected chi connectivity index (χ2v) is 6.47. The van der Waals surface area contributed by atoms with Crippen molar-refractivity contribution in [3.63, 3.8) is 0 Å². The van der Waals surface area contributed by atoms with E-state index >= 15 is 0 Å². The van der Waals surface area contributed by atoms with Gasteiger partial charge in [0.15, 0.2) is 0 Å². The van der Waals surface area contributed by atoms with Crippen molar-refractivity contribution < 1.29 is 31.5 Å². The van der Waals surface area contributed by atoms with Crippen molar-refractivity contribution in [2.75, 3.05) is 7.05 Å². The third-order valence-electron chi connectivity index (χ3n) is 2.91. The van der Waals surface area contributed by atoms with E-state index < -0.39 is 34.6 Å². The van der Waals surface area contributed by atoms with Crippen LogP contribution < -0.4 is 0 Å². The maximum Gasteiger partial charge on any atom is 0.393 e. The summed E-state index contributed by atoms with van der Waals surface area (Å²) >= 11 is 0. The fraction of sp³-hybridized carbons (Fsp3) is 0.417. The zero-order valence-corrected chi connectivity index (χ0v) is 12.1. The molecule has 0 bridgehead atoms. The van der Waals surface area contributed by atoms with Gasteiger partial charge < -0.3 is 5.11 Å². The lowest BCUT2D eigenvalue weighted by Gasteiger charge is -2.21. The van der Waals surface area contributed by atoms with Gasteiger partial charge in [-0.2, -0.15) is 17.5 Å². The maximum absolute atomic E-state index is 12.2. The molecule has 1 unspecified atom stereocenters. The highest BCUT2D eigenvalue weighted by atomic mass is 32.2. The Morgan fingerprint density at radius 3 is 2.14 bits per heavy atom. The minimum absolute atomic E-state index is 0.0737. The number of rotatable bonds is 5. The molecule has 0 saturated heterocycles. The van der Waals surface area contributed by atoms with Crippen LogP contribution in [-0.2, 0) is 21.2 Å². The second-order valence-electron chi connectivity index (χ2n) is 4.47. The van der Waals surface area contributed by atoms with Crippen molar-refractivity contribution in [2.24, 2.45) is 0 Å². The van der Waals surface area contributed by atoms with Crippen LogP contribution in [0, 0.1) is 0 Å². The van der Waals surface area contributed by atoms with Crippen molar-refractivity contribution in [1.29, 1.82) is 0 Å². The molecular weight excluding hydrogens is 311 g/mol. The molecule has 1 aromatic carbocycles. The highest BCUT2D eigenvalue weighted by Crippen LogP contribution is 2.23. The molecule has 9 heteroatoms. The van der Waals surface area contributed by atoms with Gasteiger partial charge in [-0.1, -0.05) is 12.1 Å². The Balaban J connectivity index is 3.03. The quantitative estimate of drug-likeness (QED) is 0.897. The Hall–Kier alpha value is -1.61. The number of carboxylic acids is 1. The summed E-state index contributed by atoms with van der Waals surface area (Å²) in [5, 5.41) is 8.80. The van der Waals surface area contributed by atoms with Crippen LogP contribution in [0.2, 0.25) is 0 Å². The number of carboxylic acid groups (broad SMARTS) is 1. The van der Waals surface area contributed by atoms with E-state index in [1.165, 1.54) is 6.92 Å². The Labute approximate surface area is 120 Å². The summed E-state index contributed by atoms with van der Waals surface area (Å²) in [7, 11) is -2.98. The fourth-order valence-corrected chi connectivity index (χ4v) is 2.86. The van der Waals surface area contributed by atoms with Gasteiger partial charge in [-0.15, -0.1) is 0 Å². The highest BCUT2D eigenvalue weighted by Gasteiger charge is 2.30. The van der Waals surface area contributed by atoms with E-state index in [0.717, 1.165) is 31.3 Å². The number of halogens is 3. The van der Waals surface area contributed by atoms with Crippen LogP contribution in [0.3, 0.4) is 0 Å². The zero-order chi connectivity index (χ0) is 16.4. The summed E-state index contributed by atoms with van der Waals surface area (Å²) in [5.41, 5.74) is -0.0737. The van der Waals surface area contributed by atoms with Gasteiger partial charge in [-0.3, -0.25) is 4.79 Å². The van der Waals surface area contributed by atoms with Crippen molar-refractivity contribution in [2.45, 2.75) is 30.5 Å². The lowest BCUT2D eigenvalue weighted by molar-refractivity contribution is -0.140. The van der Waals surface area contributed by atoms with Crippen LogP contribution in [0.25, 0.3) is 0 Å². The van der Waals surface area contributed by atoms with E-state index in [9.17, 15) is 26.4 Å². The summed E-state index contributed by atoms with van der Waals surface area (Å²) < 4.78 is 61.5. The summed E-state index contributed by atoms with van der Waals surface area (Å²) in [6, 6.07) is 2.88. The van der Waals surface area contributed by atoms with E-state index in [-0.39, 0.29) is 10.5 Å². The molecule has 0 aromatic heterocycles. The number of carbonyl (C=O) groups is 1. The van der Waals surface area contributed by atoms with Gasteiger partial charge in [0.2, 0.25) is 10.0 Å². The number of nitrogens with zero attached hydrogens (tertiary/aromatic N) is 1. The monoisotopic (exact) mass is 325 g/mol. The third-order valence-corrected chi connectivity index (χ3v) is 4.85. The van der Waals surface area contributed by atoms with Gasteiger partial charge in [0, 0.05) is 7.05 Å². The van der Waals surface area contributed by atoms with Gasteiger partial charge in [0.05, 0.1) is 11.3 Å². The Bertz CT molecular complexity index is 610. The topological polar surface area (TPSA) is 74.7 Å². The average molecular weight is 325 g/mol. The molecule has 118 valence electrons. The first-order valence-electron chi connectivity index (χ1n) is 5.81. The molecule has 0 fully saturated rings. The number of likely N-dealkylation sites (N-methyl/N-ethyl adjacent to an activating group) is 1. The van der Waals surface area contributed by atoms with Gasteiger partial charge in [-0.05, 0) is 24.6 Å². The zero-order valence-electron chi connectivity index (χ0n) is 11.3. The van der Waals surface area contributed by atoms with Crippen LogP contribution in [0.4, 0.5) is 13.2 Å². The fourth-order valence-electron chi connectivity index (χ4n) is 1.54. The molecule has 0 heterocycles. The van der Waals surface area contributed by atoms with Crippen molar-refractivity contribution in [1.82, 2.24) is 4.31 Å². The van der Waals surface area contributed by atoms with Crippen LogP contribution in [0.5, 0.6) is 0 Å². The first-order chi connectivity index (χ1) is 9.45. The molecule has 1 rings (SSSR count). The summed E-state index contributed by atoms with van der Waals surface area (Å²) in [4.78, 5) is 10.5. The van der Waals surface area contributed by atoms with Crippen LogP contribution in [0.15, 0.2) is 29.2 Å². The second kappa shape index (κ2) is 6.02. The Morgan fingerprint density at radius 2 is 1.76 bits per heavy atom. The molecule has 0 aliphatic carbocycles. The number of aliphatic carboxylic acids is 1. The molecule has 0 aliphatic heterocycles. The van der Waals surface area contributed by atoms with E-state index in [1.807, 2.05) is 0 Å². The van der Waals surface area contributed by atoms with Crippen molar-refractivity contribution in [3.05, 3.63) is 29.8 Å². The van der Waals surface area contributed by atoms with Gasteiger partial charge in [-0.25, -0.2) is 8.42 Å². The molecule has 0 amide bonds. The van der Waals surface area contributed by atoms with Crippen LogP contribution in [0.1, 0.15) is 12.5 Å². The number of hydrogen-bond acceptors (Lipinski definition) is 3. The average Bonchev–Trinajstić information content (AvgIpc) is 2.35. The summed E-state index contributed by atoms with van der Waals surface area (Å²) in [5.74, 6) is -1.32. The molecule has 0 radical (unpaired) electrons. The smallest absolute Gasteiger partial charge is 0.393 e. The molecule has 5 nitrogen and oxygen atoms in total. The number of sulfonamides is 1. The highest BCUT2D eigenvalue weighted by molar-refractivity contribution is 7.89. The number of benzene rings is 1. The lowest BCUT2D eigenvalue weighted by atomic mass is 10.1. The molecule has 21 heavy (non-hydrogen) atoms. The minimum atomic E-state index is -4.38. The van der Waals surface area contributed by atoms with E-state index in [2.05, 4.69) is 0 Å². The van der Waals surface area contributed by atoms with Crippen molar-refractivity contribution in [3.8, 4) is 0 Å². The Morgan fingerprint density at radius 1 is 1.29 bits per heavy atom. The maximum atomic E-state index is 12.2. The van der Waals surface area contributed by atoms with Crippen LogP contribution in [-0.4, -0.2) is 43.1 Å². The summed E-state index contributed by atoms with van der Waals surface area (Å²) in [6.45, 7) is 1.19.